The van der Waals surface area contributed by atoms with Crippen molar-refractivity contribution in [3.8, 4) is 11.1 Å². The van der Waals surface area contributed by atoms with Crippen molar-refractivity contribution in [3.05, 3.63) is 59.7 Å². The maximum absolute atomic E-state index is 4.56. The van der Waals surface area contributed by atoms with E-state index in [0.29, 0.717) is 6.54 Å². The van der Waals surface area contributed by atoms with Crippen LogP contribution in [0, 0.1) is 0 Å². The van der Waals surface area contributed by atoms with Crippen molar-refractivity contribution in [2.24, 2.45) is 4.99 Å². The van der Waals surface area contributed by atoms with Crippen LogP contribution >= 0.6 is 12.2 Å². The van der Waals surface area contributed by atoms with E-state index in [-0.39, 0.29) is 0 Å². The summed E-state index contributed by atoms with van der Waals surface area (Å²) >= 11 is 4.56. The molecule has 2 rings (SSSR count). The van der Waals surface area contributed by atoms with E-state index in [1.54, 1.807) is 0 Å². The van der Waals surface area contributed by atoms with Gasteiger partial charge in [-0.3, -0.25) is 0 Å². The van der Waals surface area contributed by atoms with Gasteiger partial charge in [0.15, 0.2) is 0 Å². The summed E-state index contributed by atoms with van der Waals surface area (Å²) in [6.45, 7) is 2.78. The Hall–Kier alpha value is -1.76. The van der Waals surface area contributed by atoms with Crippen LogP contribution in [0.3, 0.4) is 0 Å². The van der Waals surface area contributed by atoms with E-state index in [4.69, 9.17) is 0 Å². The van der Waals surface area contributed by atoms with E-state index >= 15 is 0 Å². The Kier molecular flexibility index (Phi) is 4.40. The van der Waals surface area contributed by atoms with Crippen LogP contribution in [0.5, 0.6) is 0 Å². The second kappa shape index (κ2) is 6.25. The molecule has 0 atom stereocenters. The van der Waals surface area contributed by atoms with E-state index in [1.807, 2.05) is 0 Å². The summed E-state index contributed by atoms with van der Waals surface area (Å²) in [4.78, 5) is 3.93. The molecule has 1 nitrogen and oxygen atoms in total. The average Bonchev–Trinajstić information content (AvgIpc) is 2.46. The fourth-order valence-electron chi connectivity index (χ4n) is 1.86. The van der Waals surface area contributed by atoms with Crippen LogP contribution in [0.25, 0.3) is 11.1 Å². The first-order valence-electron chi connectivity index (χ1n) is 6.05. The number of rotatable bonds is 4. The van der Waals surface area contributed by atoms with Gasteiger partial charge in [0, 0.05) is 0 Å². The predicted molar refractivity (Wildman–Crippen MR) is 80.0 cm³/mol. The fourth-order valence-corrected chi connectivity index (χ4v) is 1.92. The minimum Gasteiger partial charge on any atom is -0.228 e. The highest BCUT2D eigenvalue weighted by atomic mass is 32.1. The molecule has 2 aromatic carbocycles. The van der Waals surface area contributed by atoms with Gasteiger partial charge >= 0.3 is 0 Å². The van der Waals surface area contributed by atoms with Crippen LogP contribution in [0.4, 0.5) is 0 Å². The molecule has 0 heterocycles. The van der Waals surface area contributed by atoms with Crippen LogP contribution in [-0.4, -0.2) is 5.16 Å². The number of hydrogen-bond donors (Lipinski definition) is 0. The summed E-state index contributed by atoms with van der Waals surface area (Å²) in [6, 6.07) is 17.1. The Morgan fingerprint density at radius 2 is 1.39 bits per heavy atom. The van der Waals surface area contributed by atoms with Crippen molar-refractivity contribution >= 4 is 17.4 Å². The van der Waals surface area contributed by atoms with Gasteiger partial charge in [0.05, 0.1) is 11.7 Å². The van der Waals surface area contributed by atoms with E-state index in [9.17, 15) is 0 Å². The van der Waals surface area contributed by atoms with Crippen molar-refractivity contribution in [2.45, 2.75) is 19.9 Å². The second-order valence-corrected chi connectivity index (χ2v) is 4.34. The van der Waals surface area contributed by atoms with E-state index in [0.717, 1.165) is 12.0 Å². The van der Waals surface area contributed by atoms with Crippen LogP contribution in [0.1, 0.15) is 18.1 Å². The zero-order valence-corrected chi connectivity index (χ0v) is 11.2. The van der Waals surface area contributed by atoms with Crippen LogP contribution in [0.2, 0.25) is 0 Å². The molecule has 2 aromatic rings. The lowest BCUT2D eigenvalue weighted by Crippen LogP contribution is -1.84. The maximum atomic E-state index is 4.56. The van der Waals surface area contributed by atoms with Crippen molar-refractivity contribution in [2.75, 3.05) is 0 Å². The van der Waals surface area contributed by atoms with Gasteiger partial charge in [0.2, 0.25) is 0 Å². The number of nitrogens with zero attached hydrogens (tertiary/aromatic N) is 1. The highest BCUT2D eigenvalue weighted by Gasteiger charge is 1.98. The van der Waals surface area contributed by atoms with Crippen LogP contribution < -0.4 is 0 Å². The molecule has 0 aliphatic carbocycles. The number of hydrogen-bond acceptors (Lipinski definition) is 2. The highest BCUT2D eigenvalue weighted by Crippen LogP contribution is 2.20. The van der Waals surface area contributed by atoms with Gasteiger partial charge in [0.1, 0.15) is 0 Å². The van der Waals surface area contributed by atoms with Crippen molar-refractivity contribution in [1.82, 2.24) is 0 Å². The first-order valence-corrected chi connectivity index (χ1v) is 6.46. The molecular weight excluding hydrogens is 238 g/mol. The Balaban J connectivity index is 2.19. The summed E-state index contributed by atoms with van der Waals surface area (Å²) < 4.78 is 0. The number of aliphatic imine (C=N–C) groups is 1. The van der Waals surface area contributed by atoms with Gasteiger partial charge in [-0.2, -0.15) is 0 Å². The molecule has 0 radical (unpaired) electrons. The van der Waals surface area contributed by atoms with Gasteiger partial charge in [-0.1, -0.05) is 55.5 Å². The highest BCUT2D eigenvalue weighted by molar-refractivity contribution is 7.78. The topological polar surface area (TPSA) is 12.4 Å². The Morgan fingerprint density at radius 3 is 1.83 bits per heavy atom. The Labute approximate surface area is 113 Å². The second-order valence-electron chi connectivity index (χ2n) is 4.15. The maximum Gasteiger partial charge on any atom is 0.0743 e. The third kappa shape index (κ3) is 3.13. The molecule has 0 aromatic heterocycles. The summed E-state index contributed by atoms with van der Waals surface area (Å²) in [7, 11) is 0. The van der Waals surface area contributed by atoms with Gasteiger partial charge in [-0.25, -0.2) is 4.99 Å². The van der Waals surface area contributed by atoms with Crippen molar-refractivity contribution in [1.29, 1.82) is 0 Å². The molecule has 0 aliphatic rings. The summed E-state index contributed by atoms with van der Waals surface area (Å²) in [5.74, 6) is 0. The molecule has 0 bridgehead atoms. The SMILES string of the molecule is CCc1ccc(-c2ccc(CN=C=S)cc2)cc1. The number of benzene rings is 2. The zero-order chi connectivity index (χ0) is 12.8. The lowest BCUT2D eigenvalue weighted by molar-refractivity contribution is 1.08. The smallest absolute Gasteiger partial charge is 0.0743 e. The quantitative estimate of drug-likeness (QED) is 0.576. The standard InChI is InChI=1S/C16H15NS/c1-2-13-3-7-15(8-4-13)16-9-5-14(6-10-16)11-17-12-18/h3-10H,2,11H2,1H3. The molecule has 0 amide bonds. The average molecular weight is 253 g/mol. The lowest BCUT2D eigenvalue weighted by atomic mass is 10.0. The van der Waals surface area contributed by atoms with Gasteiger partial charge in [-0.05, 0) is 40.9 Å². The van der Waals surface area contributed by atoms with Crippen molar-refractivity contribution in [3.63, 3.8) is 0 Å². The zero-order valence-electron chi connectivity index (χ0n) is 10.4. The van der Waals surface area contributed by atoms with E-state index < -0.39 is 0 Å². The number of isothiocyanates is 1. The molecule has 0 saturated carbocycles. The normalized spacial score (nSPS) is 9.83. The van der Waals surface area contributed by atoms with Crippen LogP contribution in [0.15, 0.2) is 53.5 Å². The third-order valence-corrected chi connectivity index (χ3v) is 3.10. The molecule has 2 heteroatoms. The fraction of sp³-hybridized carbons (Fsp3) is 0.188. The monoisotopic (exact) mass is 253 g/mol. The molecule has 0 aliphatic heterocycles. The molecule has 0 unspecified atom stereocenters. The summed E-state index contributed by atoms with van der Waals surface area (Å²) in [6.07, 6.45) is 1.08. The molecule has 90 valence electrons. The molecular formula is C16H15NS. The summed E-state index contributed by atoms with van der Waals surface area (Å²) in [5.41, 5.74) is 5.00. The minimum atomic E-state index is 0.610. The first kappa shape index (κ1) is 12.7. The molecule has 18 heavy (non-hydrogen) atoms. The molecule has 0 saturated heterocycles. The van der Waals surface area contributed by atoms with Crippen molar-refractivity contribution < 1.29 is 0 Å². The van der Waals surface area contributed by atoms with Gasteiger partial charge in [-0.15, -0.1) is 0 Å². The van der Waals surface area contributed by atoms with E-state index in [1.165, 1.54) is 16.7 Å². The molecule has 0 fully saturated rings. The number of aryl methyl sites for hydroxylation is 1. The van der Waals surface area contributed by atoms with Gasteiger partial charge < -0.3 is 0 Å². The predicted octanol–water partition coefficient (Wildman–Crippen LogP) is 4.52. The lowest BCUT2D eigenvalue weighted by Gasteiger charge is -2.04. The molecule has 0 N–H and O–H groups in total. The number of thiocarbonyl (C=S) groups is 1. The Bertz CT molecular complexity index is 549. The van der Waals surface area contributed by atoms with Gasteiger partial charge in [0.25, 0.3) is 0 Å². The first-order chi connectivity index (χ1) is 8.83. The molecule has 0 spiro atoms. The van der Waals surface area contributed by atoms with E-state index in [2.05, 4.69) is 77.8 Å². The third-order valence-electron chi connectivity index (χ3n) is 2.98. The van der Waals surface area contributed by atoms with Crippen LogP contribution in [-0.2, 0) is 13.0 Å². The Morgan fingerprint density at radius 1 is 0.889 bits per heavy atom. The summed E-state index contributed by atoms with van der Waals surface area (Å²) in [5, 5.41) is 2.38. The minimum absolute atomic E-state index is 0.610. The largest absolute Gasteiger partial charge is 0.228 e.